The van der Waals surface area contributed by atoms with E-state index in [-0.39, 0.29) is 0 Å². The maximum absolute atomic E-state index is 5.34. The van der Waals surface area contributed by atoms with Crippen LogP contribution in [0.1, 0.15) is 32.1 Å². The van der Waals surface area contributed by atoms with E-state index in [0.717, 1.165) is 11.7 Å². The summed E-state index contributed by atoms with van der Waals surface area (Å²) >= 11 is 5.23. The molecule has 0 amide bonds. The zero-order valence-electron chi connectivity index (χ0n) is 10.7. The molecule has 0 radical (unpaired) electrons. The molecule has 5 heteroatoms. The van der Waals surface area contributed by atoms with Gasteiger partial charge in [-0.25, -0.2) is 0 Å². The Hall–Kier alpha value is -0.390. The lowest BCUT2D eigenvalue weighted by atomic mass is 9.96. The molecule has 0 aliphatic heterocycles. The number of methoxy groups -OCH3 is 1. The Kier molecular flexibility index (Phi) is 8.30. The number of rotatable bonds is 7. The third kappa shape index (κ3) is 7.52. The summed E-state index contributed by atoms with van der Waals surface area (Å²) in [4.78, 5) is 0. The minimum absolute atomic E-state index is 0.568. The molecule has 2 N–H and O–H groups in total. The number of nitrogens with one attached hydrogen (secondary N) is 2. The predicted molar refractivity (Wildman–Crippen MR) is 73.3 cm³/mol. The van der Waals surface area contributed by atoms with Crippen molar-refractivity contribution >= 4 is 17.3 Å². The highest BCUT2D eigenvalue weighted by Crippen LogP contribution is 2.17. The molecule has 0 bridgehead atoms. The van der Waals surface area contributed by atoms with E-state index < -0.39 is 0 Å². The highest BCUT2D eigenvalue weighted by Gasteiger charge is 2.13. The molecule has 1 rings (SSSR count). The Balaban J connectivity index is 1.93. The molecule has 0 spiro atoms. The molecule has 0 atom stereocenters. The zero-order chi connectivity index (χ0) is 12.3. The molecular formula is C12H24N2O2S. The highest BCUT2D eigenvalue weighted by atomic mass is 32.1. The summed E-state index contributed by atoms with van der Waals surface area (Å²) in [7, 11) is 1.67. The van der Waals surface area contributed by atoms with E-state index in [9.17, 15) is 0 Å². The van der Waals surface area contributed by atoms with Gasteiger partial charge < -0.3 is 20.1 Å². The fourth-order valence-corrected chi connectivity index (χ4v) is 2.23. The van der Waals surface area contributed by atoms with Gasteiger partial charge in [-0.15, -0.1) is 0 Å². The van der Waals surface area contributed by atoms with Crippen LogP contribution in [0.15, 0.2) is 0 Å². The van der Waals surface area contributed by atoms with Gasteiger partial charge in [0.1, 0.15) is 0 Å². The normalized spacial score (nSPS) is 16.8. The van der Waals surface area contributed by atoms with Crippen LogP contribution in [-0.2, 0) is 9.47 Å². The standard InChI is InChI=1S/C12H24N2O2S/c1-15-9-10-16-8-7-13-12(17)14-11-5-3-2-4-6-11/h11H,2-10H2,1H3,(H2,13,14,17). The molecule has 17 heavy (non-hydrogen) atoms. The summed E-state index contributed by atoms with van der Waals surface area (Å²) in [5.41, 5.74) is 0. The van der Waals surface area contributed by atoms with Crippen LogP contribution < -0.4 is 10.6 Å². The summed E-state index contributed by atoms with van der Waals surface area (Å²) in [6, 6.07) is 0.568. The van der Waals surface area contributed by atoms with Crippen LogP contribution in [0.2, 0.25) is 0 Å². The van der Waals surface area contributed by atoms with Gasteiger partial charge in [-0.3, -0.25) is 0 Å². The summed E-state index contributed by atoms with van der Waals surface area (Å²) in [6.07, 6.45) is 6.49. The average molecular weight is 260 g/mol. The van der Waals surface area contributed by atoms with E-state index in [0.29, 0.717) is 25.9 Å². The molecule has 100 valence electrons. The lowest BCUT2D eigenvalue weighted by molar-refractivity contribution is 0.0733. The fraction of sp³-hybridized carbons (Fsp3) is 0.917. The lowest BCUT2D eigenvalue weighted by Crippen LogP contribution is -2.43. The summed E-state index contributed by atoms with van der Waals surface area (Å²) in [6.45, 7) is 2.70. The Morgan fingerprint density at radius 3 is 2.65 bits per heavy atom. The van der Waals surface area contributed by atoms with Crippen molar-refractivity contribution in [1.82, 2.24) is 10.6 Å². The lowest BCUT2D eigenvalue weighted by Gasteiger charge is -2.24. The molecule has 0 aromatic rings. The van der Waals surface area contributed by atoms with Crippen LogP contribution in [-0.4, -0.2) is 44.6 Å². The van der Waals surface area contributed by atoms with Crippen LogP contribution in [0.5, 0.6) is 0 Å². The van der Waals surface area contributed by atoms with Gasteiger partial charge in [0.25, 0.3) is 0 Å². The Bertz CT molecular complexity index is 209. The van der Waals surface area contributed by atoms with Gasteiger partial charge in [0.15, 0.2) is 5.11 Å². The molecule has 1 saturated carbocycles. The van der Waals surface area contributed by atoms with Gasteiger partial charge in [-0.2, -0.15) is 0 Å². The smallest absolute Gasteiger partial charge is 0.166 e. The zero-order valence-corrected chi connectivity index (χ0v) is 11.5. The largest absolute Gasteiger partial charge is 0.382 e. The predicted octanol–water partition coefficient (Wildman–Crippen LogP) is 1.45. The summed E-state index contributed by atoms with van der Waals surface area (Å²) in [5, 5.41) is 7.28. The van der Waals surface area contributed by atoms with E-state index in [1.165, 1.54) is 32.1 Å². The monoisotopic (exact) mass is 260 g/mol. The van der Waals surface area contributed by atoms with Crippen LogP contribution in [0.4, 0.5) is 0 Å². The minimum atomic E-state index is 0.568. The van der Waals surface area contributed by atoms with Crippen molar-refractivity contribution < 1.29 is 9.47 Å². The van der Waals surface area contributed by atoms with Gasteiger partial charge in [0, 0.05) is 19.7 Å². The third-order valence-electron chi connectivity index (χ3n) is 2.90. The fourth-order valence-electron chi connectivity index (χ4n) is 1.96. The SMILES string of the molecule is COCCOCCNC(=S)NC1CCCCC1. The van der Waals surface area contributed by atoms with E-state index in [4.69, 9.17) is 21.7 Å². The van der Waals surface area contributed by atoms with Gasteiger partial charge in [-0.1, -0.05) is 19.3 Å². The second-order valence-corrected chi connectivity index (χ2v) is 4.75. The van der Waals surface area contributed by atoms with Crippen molar-refractivity contribution in [1.29, 1.82) is 0 Å². The molecule has 1 fully saturated rings. The van der Waals surface area contributed by atoms with E-state index in [1.54, 1.807) is 7.11 Å². The molecule has 1 aliphatic rings. The van der Waals surface area contributed by atoms with Crippen LogP contribution >= 0.6 is 12.2 Å². The summed E-state index contributed by atoms with van der Waals surface area (Å²) in [5.74, 6) is 0. The first-order chi connectivity index (χ1) is 8.33. The third-order valence-corrected chi connectivity index (χ3v) is 3.17. The Morgan fingerprint density at radius 1 is 1.18 bits per heavy atom. The van der Waals surface area contributed by atoms with Crippen molar-refractivity contribution in [3.8, 4) is 0 Å². The quantitative estimate of drug-likeness (QED) is 0.536. The molecular weight excluding hydrogens is 236 g/mol. The maximum Gasteiger partial charge on any atom is 0.166 e. The second-order valence-electron chi connectivity index (χ2n) is 4.34. The minimum Gasteiger partial charge on any atom is -0.382 e. The van der Waals surface area contributed by atoms with Crippen molar-refractivity contribution in [3.63, 3.8) is 0 Å². The molecule has 0 aromatic heterocycles. The summed E-state index contributed by atoms with van der Waals surface area (Å²) < 4.78 is 10.2. The van der Waals surface area contributed by atoms with Crippen LogP contribution in [0.3, 0.4) is 0 Å². The number of hydrogen-bond donors (Lipinski definition) is 2. The van der Waals surface area contributed by atoms with Crippen LogP contribution in [0, 0.1) is 0 Å². The first-order valence-electron chi connectivity index (χ1n) is 6.44. The van der Waals surface area contributed by atoms with E-state index in [1.807, 2.05) is 0 Å². The van der Waals surface area contributed by atoms with Crippen LogP contribution in [0.25, 0.3) is 0 Å². The van der Waals surface area contributed by atoms with Crippen molar-refractivity contribution in [3.05, 3.63) is 0 Å². The van der Waals surface area contributed by atoms with E-state index in [2.05, 4.69) is 10.6 Å². The molecule has 0 unspecified atom stereocenters. The molecule has 4 nitrogen and oxygen atoms in total. The molecule has 1 aliphatic carbocycles. The van der Waals surface area contributed by atoms with Gasteiger partial charge >= 0.3 is 0 Å². The number of thiocarbonyl (C=S) groups is 1. The molecule has 0 aromatic carbocycles. The van der Waals surface area contributed by atoms with Crippen molar-refractivity contribution in [2.45, 2.75) is 38.1 Å². The van der Waals surface area contributed by atoms with Gasteiger partial charge in [0.2, 0.25) is 0 Å². The highest BCUT2D eigenvalue weighted by molar-refractivity contribution is 7.80. The average Bonchev–Trinajstić information content (AvgIpc) is 2.35. The van der Waals surface area contributed by atoms with Gasteiger partial charge in [0.05, 0.1) is 19.8 Å². The molecule has 0 saturated heterocycles. The second kappa shape index (κ2) is 9.62. The molecule has 0 heterocycles. The first-order valence-corrected chi connectivity index (χ1v) is 6.85. The van der Waals surface area contributed by atoms with E-state index >= 15 is 0 Å². The van der Waals surface area contributed by atoms with Crippen molar-refractivity contribution in [2.24, 2.45) is 0 Å². The first kappa shape index (κ1) is 14.7. The topological polar surface area (TPSA) is 42.5 Å². The Morgan fingerprint density at radius 2 is 1.94 bits per heavy atom. The Labute approximate surface area is 109 Å². The van der Waals surface area contributed by atoms with Gasteiger partial charge in [-0.05, 0) is 25.1 Å². The maximum atomic E-state index is 5.34. The number of hydrogen-bond acceptors (Lipinski definition) is 3. The number of ether oxygens (including phenoxy) is 2. The van der Waals surface area contributed by atoms with Crippen molar-refractivity contribution in [2.75, 3.05) is 33.5 Å².